The molecular weight excluding hydrogens is 236 g/mol. The molecule has 0 radical (unpaired) electrons. The average molecular weight is 262 g/mol. The van der Waals surface area contributed by atoms with E-state index in [0.717, 1.165) is 12.8 Å². The van der Waals surface area contributed by atoms with Crippen molar-refractivity contribution < 1.29 is 9.84 Å². The van der Waals surface area contributed by atoms with Gasteiger partial charge in [0.2, 0.25) is 0 Å². The van der Waals surface area contributed by atoms with Gasteiger partial charge in [-0.05, 0) is 37.8 Å². The van der Waals surface area contributed by atoms with E-state index in [2.05, 4.69) is 19.1 Å². The predicted molar refractivity (Wildman–Crippen MR) is 78.3 cm³/mol. The van der Waals surface area contributed by atoms with Crippen molar-refractivity contribution in [1.82, 2.24) is 0 Å². The van der Waals surface area contributed by atoms with Crippen LogP contribution < -0.4 is 0 Å². The highest BCUT2D eigenvalue weighted by molar-refractivity contribution is 5.26. The molecule has 2 heteroatoms. The third kappa shape index (κ3) is 3.37. The molecule has 1 fully saturated rings. The maximum atomic E-state index is 10.7. The van der Waals surface area contributed by atoms with Crippen LogP contribution in [0.2, 0.25) is 0 Å². The summed E-state index contributed by atoms with van der Waals surface area (Å²) in [5, 5.41) is 10.7. The molecule has 106 valence electrons. The van der Waals surface area contributed by atoms with Crippen molar-refractivity contribution in [1.29, 1.82) is 0 Å². The fraction of sp³-hybridized carbons (Fsp3) is 0.647. The van der Waals surface area contributed by atoms with Crippen LogP contribution in [0.25, 0.3) is 0 Å². The van der Waals surface area contributed by atoms with Gasteiger partial charge in [0.1, 0.15) is 0 Å². The van der Waals surface area contributed by atoms with Gasteiger partial charge in [-0.1, -0.05) is 43.5 Å². The van der Waals surface area contributed by atoms with E-state index < -0.39 is 6.10 Å². The molecule has 0 saturated heterocycles. The van der Waals surface area contributed by atoms with Gasteiger partial charge in [0.15, 0.2) is 0 Å². The molecule has 1 aliphatic rings. The zero-order valence-corrected chi connectivity index (χ0v) is 12.2. The van der Waals surface area contributed by atoms with Crippen molar-refractivity contribution in [2.24, 2.45) is 0 Å². The van der Waals surface area contributed by atoms with Crippen molar-refractivity contribution in [2.45, 2.75) is 64.1 Å². The molecule has 1 saturated carbocycles. The third-order valence-corrected chi connectivity index (χ3v) is 4.41. The summed E-state index contributed by atoms with van der Waals surface area (Å²) in [5.74, 6) is 0. The van der Waals surface area contributed by atoms with E-state index in [-0.39, 0.29) is 5.60 Å². The Kier molecular flexibility index (Phi) is 5.00. The molecule has 1 aromatic rings. The molecule has 0 bridgehead atoms. The van der Waals surface area contributed by atoms with Gasteiger partial charge in [-0.25, -0.2) is 0 Å². The Labute approximate surface area is 116 Å². The van der Waals surface area contributed by atoms with Gasteiger partial charge in [0.05, 0.1) is 11.7 Å². The van der Waals surface area contributed by atoms with Gasteiger partial charge in [0.25, 0.3) is 0 Å². The Bertz CT molecular complexity index is 388. The zero-order chi connectivity index (χ0) is 13.7. The van der Waals surface area contributed by atoms with E-state index in [0.29, 0.717) is 13.0 Å². The molecule has 0 aromatic heterocycles. The summed E-state index contributed by atoms with van der Waals surface area (Å²) in [6.07, 6.45) is 5.91. The summed E-state index contributed by atoms with van der Waals surface area (Å²) in [5.41, 5.74) is 2.18. The number of rotatable bonds is 5. The summed E-state index contributed by atoms with van der Waals surface area (Å²) >= 11 is 0. The minimum atomic E-state index is -0.395. The minimum absolute atomic E-state index is 0.310. The molecule has 1 N–H and O–H groups in total. The van der Waals surface area contributed by atoms with Gasteiger partial charge < -0.3 is 9.84 Å². The minimum Gasteiger partial charge on any atom is -0.390 e. The SMILES string of the molecule is CCOC1(C(O)Cc2ccccc2C)CCCCC1. The van der Waals surface area contributed by atoms with Gasteiger partial charge >= 0.3 is 0 Å². The second-order valence-electron chi connectivity index (χ2n) is 5.70. The van der Waals surface area contributed by atoms with E-state index in [4.69, 9.17) is 4.74 Å². The molecule has 2 rings (SSSR count). The maximum absolute atomic E-state index is 10.7. The fourth-order valence-electron chi connectivity index (χ4n) is 3.24. The lowest BCUT2D eigenvalue weighted by molar-refractivity contribution is -0.138. The Morgan fingerprint density at radius 1 is 1.21 bits per heavy atom. The molecule has 0 amide bonds. The van der Waals surface area contributed by atoms with E-state index in [9.17, 15) is 5.11 Å². The molecule has 1 aliphatic carbocycles. The number of benzene rings is 1. The van der Waals surface area contributed by atoms with Crippen molar-refractivity contribution in [2.75, 3.05) is 6.61 Å². The van der Waals surface area contributed by atoms with Crippen LogP contribution in [0.4, 0.5) is 0 Å². The van der Waals surface area contributed by atoms with E-state index in [1.54, 1.807) is 0 Å². The van der Waals surface area contributed by atoms with Crippen molar-refractivity contribution in [3.8, 4) is 0 Å². The highest BCUT2D eigenvalue weighted by Crippen LogP contribution is 2.36. The van der Waals surface area contributed by atoms with E-state index in [1.807, 2.05) is 19.1 Å². The van der Waals surface area contributed by atoms with Crippen LogP contribution >= 0.6 is 0 Å². The molecular formula is C17H26O2. The normalized spacial score (nSPS) is 20.2. The molecule has 1 atom stereocenters. The standard InChI is InChI=1S/C17H26O2/c1-3-19-17(11-7-4-8-12-17)16(18)13-15-10-6-5-9-14(15)2/h5-6,9-10,16,18H,3-4,7-8,11-13H2,1-2H3. The fourth-order valence-corrected chi connectivity index (χ4v) is 3.24. The zero-order valence-electron chi connectivity index (χ0n) is 12.2. The predicted octanol–water partition coefficient (Wildman–Crippen LogP) is 3.64. The number of aliphatic hydroxyl groups is 1. The molecule has 0 aliphatic heterocycles. The van der Waals surface area contributed by atoms with Crippen LogP contribution in [0.3, 0.4) is 0 Å². The first-order valence-electron chi connectivity index (χ1n) is 7.54. The number of aryl methyl sites for hydroxylation is 1. The molecule has 0 heterocycles. The number of hydrogen-bond acceptors (Lipinski definition) is 2. The first kappa shape index (κ1) is 14.5. The Balaban J connectivity index is 2.11. The van der Waals surface area contributed by atoms with Crippen molar-refractivity contribution in [3.05, 3.63) is 35.4 Å². The van der Waals surface area contributed by atoms with E-state index >= 15 is 0 Å². The first-order chi connectivity index (χ1) is 9.18. The molecule has 1 unspecified atom stereocenters. The van der Waals surface area contributed by atoms with Crippen molar-refractivity contribution in [3.63, 3.8) is 0 Å². The average Bonchev–Trinajstić information content (AvgIpc) is 2.42. The molecule has 19 heavy (non-hydrogen) atoms. The monoisotopic (exact) mass is 262 g/mol. The van der Waals surface area contributed by atoms with Gasteiger partial charge in [0, 0.05) is 13.0 Å². The molecule has 1 aromatic carbocycles. The third-order valence-electron chi connectivity index (χ3n) is 4.41. The quantitative estimate of drug-likeness (QED) is 0.878. The van der Waals surface area contributed by atoms with Crippen LogP contribution in [0, 0.1) is 6.92 Å². The molecule has 2 nitrogen and oxygen atoms in total. The van der Waals surface area contributed by atoms with Crippen LogP contribution in [-0.2, 0) is 11.2 Å². The number of hydrogen-bond donors (Lipinski definition) is 1. The Hall–Kier alpha value is -0.860. The van der Waals surface area contributed by atoms with Crippen LogP contribution in [0.1, 0.15) is 50.2 Å². The summed E-state index contributed by atoms with van der Waals surface area (Å²) in [7, 11) is 0. The van der Waals surface area contributed by atoms with Gasteiger partial charge in [-0.2, -0.15) is 0 Å². The first-order valence-corrected chi connectivity index (χ1v) is 7.54. The maximum Gasteiger partial charge on any atom is 0.0943 e. The second kappa shape index (κ2) is 6.53. The molecule has 0 spiro atoms. The van der Waals surface area contributed by atoms with Crippen LogP contribution in [-0.4, -0.2) is 23.4 Å². The highest BCUT2D eigenvalue weighted by atomic mass is 16.5. The van der Waals surface area contributed by atoms with Gasteiger partial charge in [-0.15, -0.1) is 0 Å². The summed E-state index contributed by atoms with van der Waals surface area (Å²) in [6, 6.07) is 8.31. The smallest absolute Gasteiger partial charge is 0.0943 e. The topological polar surface area (TPSA) is 29.5 Å². The summed E-state index contributed by atoms with van der Waals surface area (Å²) in [4.78, 5) is 0. The van der Waals surface area contributed by atoms with Crippen LogP contribution in [0.15, 0.2) is 24.3 Å². The lowest BCUT2D eigenvalue weighted by atomic mass is 9.78. The summed E-state index contributed by atoms with van der Waals surface area (Å²) in [6.45, 7) is 4.82. The second-order valence-corrected chi connectivity index (χ2v) is 5.70. The van der Waals surface area contributed by atoms with Gasteiger partial charge in [-0.3, -0.25) is 0 Å². The highest BCUT2D eigenvalue weighted by Gasteiger charge is 2.39. The number of aliphatic hydroxyl groups excluding tert-OH is 1. The number of ether oxygens (including phenoxy) is 1. The van der Waals surface area contributed by atoms with Crippen molar-refractivity contribution >= 4 is 0 Å². The Morgan fingerprint density at radius 3 is 2.53 bits per heavy atom. The largest absolute Gasteiger partial charge is 0.390 e. The summed E-state index contributed by atoms with van der Waals surface area (Å²) < 4.78 is 5.99. The van der Waals surface area contributed by atoms with E-state index in [1.165, 1.54) is 30.4 Å². The lowest BCUT2D eigenvalue weighted by Crippen LogP contribution is -2.47. The van der Waals surface area contributed by atoms with Crippen LogP contribution in [0.5, 0.6) is 0 Å². The lowest BCUT2D eigenvalue weighted by Gasteiger charge is -2.41. The Morgan fingerprint density at radius 2 is 1.89 bits per heavy atom.